The van der Waals surface area contributed by atoms with Gasteiger partial charge in [-0.15, -0.1) is 11.8 Å². The first kappa shape index (κ1) is 29.1. The van der Waals surface area contributed by atoms with Gasteiger partial charge in [-0.3, -0.25) is 9.36 Å². The molecule has 10 heteroatoms. The predicted molar refractivity (Wildman–Crippen MR) is 163 cm³/mol. The molecule has 0 fully saturated rings. The summed E-state index contributed by atoms with van der Waals surface area (Å²) in [5.41, 5.74) is 3.17. The van der Waals surface area contributed by atoms with Crippen LogP contribution in [0.25, 0.3) is 6.08 Å². The molecule has 8 nitrogen and oxygen atoms in total. The van der Waals surface area contributed by atoms with Crippen molar-refractivity contribution in [2.45, 2.75) is 31.4 Å². The Morgan fingerprint density at radius 1 is 1.10 bits per heavy atom. The second kappa shape index (κ2) is 12.6. The maximum absolute atomic E-state index is 13.8. The van der Waals surface area contributed by atoms with Crippen molar-refractivity contribution in [1.82, 2.24) is 4.57 Å². The second-order valence-electron chi connectivity index (χ2n) is 9.44. The van der Waals surface area contributed by atoms with Crippen LogP contribution in [0.4, 0.5) is 0 Å². The molecule has 3 aromatic carbocycles. The lowest BCUT2D eigenvalue weighted by atomic mass is 9.96. The van der Waals surface area contributed by atoms with Crippen LogP contribution >= 0.6 is 23.1 Å². The highest BCUT2D eigenvalue weighted by molar-refractivity contribution is 7.98. The first-order chi connectivity index (χ1) is 20.3. The van der Waals surface area contributed by atoms with E-state index >= 15 is 0 Å². The van der Waals surface area contributed by atoms with Crippen LogP contribution in [0.3, 0.4) is 0 Å². The van der Waals surface area contributed by atoms with Crippen LogP contribution in [-0.4, -0.2) is 34.5 Å². The van der Waals surface area contributed by atoms with Gasteiger partial charge in [-0.25, -0.2) is 14.6 Å². The van der Waals surface area contributed by atoms with Crippen LogP contribution in [-0.2, 0) is 16.1 Å². The molecule has 0 amide bonds. The Bertz CT molecular complexity index is 1850. The van der Waals surface area contributed by atoms with Crippen molar-refractivity contribution in [3.63, 3.8) is 0 Å². The lowest BCUT2D eigenvalue weighted by Crippen LogP contribution is -2.39. The Morgan fingerprint density at radius 3 is 2.50 bits per heavy atom. The van der Waals surface area contributed by atoms with E-state index < -0.39 is 18.0 Å². The minimum Gasteiger partial charge on any atom is -0.489 e. The van der Waals surface area contributed by atoms with E-state index in [-0.39, 0.29) is 24.3 Å². The van der Waals surface area contributed by atoms with Crippen molar-refractivity contribution in [3.8, 4) is 5.75 Å². The summed E-state index contributed by atoms with van der Waals surface area (Å²) in [4.78, 5) is 44.3. The number of allylic oxidation sites excluding steroid dienone is 1. The van der Waals surface area contributed by atoms with E-state index in [4.69, 9.17) is 9.47 Å². The normalized spacial score (nSPS) is 14.7. The summed E-state index contributed by atoms with van der Waals surface area (Å²) < 4.78 is 13.3. The molecule has 0 unspecified atom stereocenters. The Balaban J connectivity index is 1.46. The standard InChI is InChI=1S/C32H28N2O6S2/c1-4-39-31(38)27-19(2)33-32-34(28(27)22-10-14-25(41-3)15-11-22)29(35)26(42-32)17-20-8-12-24(13-9-20)40-18-21-6-5-7-23(16-21)30(36)37/h5-17,28H,4,18H2,1-3H3,(H,36,37)/b26-17-/t28-/m0/s1. The molecule has 214 valence electrons. The molecule has 0 bridgehead atoms. The SMILES string of the molecule is CCOC(=O)C1=C(C)N=c2s/c(=C\c3ccc(OCc4cccc(C(=O)O)c4)cc3)c(=O)n2[C@H]1c1ccc(SC)cc1. The van der Waals surface area contributed by atoms with Crippen LogP contribution in [0.2, 0.25) is 0 Å². The Morgan fingerprint density at radius 2 is 1.83 bits per heavy atom. The van der Waals surface area contributed by atoms with E-state index in [1.165, 1.54) is 17.4 Å². The maximum atomic E-state index is 13.8. The summed E-state index contributed by atoms with van der Waals surface area (Å²) >= 11 is 2.88. The van der Waals surface area contributed by atoms with Gasteiger partial charge in [-0.05, 0) is 79.3 Å². The van der Waals surface area contributed by atoms with E-state index in [9.17, 15) is 19.5 Å². The number of fused-ring (bicyclic) bond motifs is 1. The fourth-order valence-corrected chi connectivity index (χ4v) is 6.12. The molecule has 0 radical (unpaired) electrons. The zero-order chi connectivity index (χ0) is 29.8. The fraction of sp³-hybridized carbons (Fsp3) is 0.188. The molecule has 1 atom stereocenters. The van der Waals surface area contributed by atoms with E-state index in [0.29, 0.717) is 26.4 Å². The predicted octanol–water partition coefficient (Wildman–Crippen LogP) is 4.80. The second-order valence-corrected chi connectivity index (χ2v) is 11.3. The summed E-state index contributed by atoms with van der Waals surface area (Å²) in [5.74, 6) is -0.867. The van der Waals surface area contributed by atoms with Gasteiger partial charge in [0.15, 0.2) is 4.80 Å². The molecule has 4 aromatic rings. The molecule has 0 aliphatic carbocycles. The van der Waals surface area contributed by atoms with E-state index in [0.717, 1.165) is 21.6 Å². The molecule has 1 aromatic heterocycles. The number of ether oxygens (including phenoxy) is 2. The third-order valence-corrected chi connectivity index (χ3v) is 8.43. The Hall–Kier alpha value is -4.41. The largest absolute Gasteiger partial charge is 0.489 e. The van der Waals surface area contributed by atoms with Crippen LogP contribution < -0.4 is 19.6 Å². The van der Waals surface area contributed by atoms with Gasteiger partial charge in [-0.2, -0.15) is 0 Å². The minimum atomic E-state index is -0.987. The number of carbonyl (C=O) groups excluding carboxylic acids is 1. The number of thiazole rings is 1. The summed E-state index contributed by atoms with van der Waals surface area (Å²) in [5, 5.41) is 9.19. The molecule has 0 saturated carbocycles. The molecule has 1 aliphatic rings. The van der Waals surface area contributed by atoms with Crippen molar-refractivity contribution < 1.29 is 24.2 Å². The smallest absolute Gasteiger partial charge is 0.338 e. The number of carboxylic acids is 1. The topological polar surface area (TPSA) is 107 Å². The number of nitrogens with zero attached hydrogens (tertiary/aromatic N) is 2. The van der Waals surface area contributed by atoms with Crippen molar-refractivity contribution >= 4 is 41.1 Å². The monoisotopic (exact) mass is 600 g/mol. The molecule has 2 heterocycles. The number of benzene rings is 3. The average Bonchev–Trinajstić information content (AvgIpc) is 3.30. The third kappa shape index (κ3) is 6.09. The van der Waals surface area contributed by atoms with E-state index in [2.05, 4.69) is 4.99 Å². The van der Waals surface area contributed by atoms with Crippen molar-refractivity contribution in [2.75, 3.05) is 12.9 Å². The van der Waals surface area contributed by atoms with Gasteiger partial charge in [0.2, 0.25) is 0 Å². The highest BCUT2D eigenvalue weighted by Gasteiger charge is 2.33. The van der Waals surface area contributed by atoms with Crippen LogP contribution in [0.1, 0.15) is 46.9 Å². The van der Waals surface area contributed by atoms with Crippen LogP contribution in [0.15, 0.2) is 98.7 Å². The van der Waals surface area contributed by atoms with Crippen molar-refractivity contribution in [2.24, 2.45) is 4.99 Å². The number of hydrogen-bond acceptors (Lipinski definition) is 8. The summed E-state index contributed by atoms with van der Waals surface area (Å²) in [6, 6.07) is 21.0. The molecular formula is C32H28N2O6S2. The molecule has 1 N–H and O–H groups in total. The number of rotatable bonds is 9. The Labute approximate surface area is 250 Å². The third-order valence-electron chi connectivity index (χ3n) is 6.71. The lowest BCUT2D eigenvalue weighted by molar-refractivity contribution is -0.139. The average molecular weight is 601 g/mol. The van der Waals surface area contributed by atoms with E-state index in [1.807, 2.05) is 42.7 Å². The first-order valence-corrected chi connectivity index (χ1v) is 15.2. The number of esters is 1. The van der Waals surface area contributed by atoms with Gasteiger partial charge in [-0.1, -0.05) is 47.7 Å². The first-order valence-electron chi connectivity index (χ1n) is 13.2. The fourth-order valence-electron chi connectivity index (χ4n) is 4.67. The van der Waals surface area contributed by atoms with Crippen molar-refractivity contribution in [1.29, 1.82) is 0 Å². The zero-order valence-electron chi connectivity index (χ0n) is 23.2. The lowest BCUT2D eigenvalue weighted by Gasteiger charge is -2.24. The van der Waals surface area contributed by atoms with Gasteiger partial charge >= 0.3 is 11.9 Å². The van der Waals surface area contributed by atoms with Gasteiger partial charge < -0.3 is 14.6 Å². The summed E-state index contributed by atoms with van der Waals surface area (Å²) in [6.45, 7) is 3.95. The number of aromatic nitrogens is 1. The van der Waals surface area contributed by atoms with E-state index in [1.54, 1.807) is 66.6 Å². The van der Waals surface area contributed by atoms with Gasteiger partial charge in [0.25, 0.3) is 5.56 Å². The number of aromatic carboxylic acids is 1. The highest BCUT2D eigenvalue weighted by atomic mass is 32.2. The number of carboxylic acid groups (broad SMARTS) is 1. The summed E-state index contributed by atoms with van der Waals surface area (Å²) in [7, 11) is 0. The highest BCUT2D eigenvalue weighted by Crippen LogP contribution is 2.31. The number of hydrogen-bond donors (Lipinski definition) is 1. The van der Waals surface area contributed by atoms with Gasteiger partial charge in [0, 0.05) is 4.90 Å². The molecule has 0 saturated heterocycles. The van der Waals surface area contributed by atoms with Crippen LogP contribution in [0.5, 0.6) is 5.75 Å². The summed E-state index contributed by atoms with van der Waals surface area (Å²) in [6.07, 6.45) is 3.78. The molecular weight excluding hydrogens is 572 g/mol. The van der Waals surface area contributed by atoms with Gasteiger partial charge in [0.05, 0.1) is 34.0 Å². The Kier molecular flexibility index (Phi) is 8.75. The zero-order valence-corrected chi connectivity index (χ0v) is 24.8. The van der Waals surface area contributed by atoms with Crippen molar-refractivity contribution in [3.05, 3.63) is 126 Å². The number of thioether (sulfide) groups is 1. The quantitative estimate of drug-likeness (QED) is 0.217. The number of carbonyl (C=O) groups is 2. The molecule has 0 spiro atoms. The molecule has 42 heavy (non-hydrogen) atoms. The molecule has 5 rings (SSSR count). The van der Waals surface area contributed by atoms with Gasteiger partial charge in [0.1, 0.15) is 12.4 Å². The van der Waals surface area contributed by atoms with Crippen LogP contribution in [0, 0.1) is 0 Å². The molecule has 1 aliphatic heterocycles. The maximum Gasteiger partial charge on any atom is 0.338 e. The minimum absolute atomic E-state index is 0.205.